The Labute approximate surface area is 86.3 Å². The Morgan fingerprint density at radius 1 is 1.40 bits per heavy atom. The molecule has 0 unspecified atom stereocenters. The Kier molecular flexibility index (Phi) is 3.37. The highest BCUT2D eigenvalue weighted by Gasteiger charge is 2.01. The molecule has 1 N–H and O–H groups in total. The smallest absolute Gasteiger partial charge is 0.237 e. The predicted octanol–water partition coefficient (Wildman–Crippen LogP) is 1.95. The van der Waals surface area contributed by atoms with Gasteiger partial charge in [0.15, 0.2) is 0 Å². The molecular weight excluding hydrogens is 195 g/mol. The normalized spacial score (nSPS) is 8.53. The summed E-state index contributed by atoms with van der Waals surface area (Å²) in [6, 6.07) is 7.62. The van der Waals surface area contributed by atoms with E-state index in [9.17, 15) is 4.39 Å². The van der Waals surface area contributed by atoms with Crippen molar-refractivity contribution < 1.29 is 4.39 Å². The molecular formula is C10H7FN4. The number of hydrazone groups is 1. The van der Waals surface area contributed by atoms with Gasteiger partial charge in [0.1, 0.15) is 18.0 Å². The molecule has 0 fully saturated rings. The molecule has 0 saturated carbocycles. The zero-order valence-corrected chi connectivity index (χ0v) is 7.95. The fourth-order valence-corrected chi connectivity index (χ4v) is 0.902. The summed E-state index contributed by atoms with van der Waals surface area (Å²) in [6.07, 6.45) is 0. The zero-order valence-electron chi connectivity index (χ0n) is 7.95. The van der Waals surface area contributed by atoms with Crippen molar-refractivity contribution >= 4 is 11.4 Å². The van der Waals surface area contributed by atoms with Gasteiger partial charge in [0.25, 0.3) is 0 Å². The van der Waals surface area contributed by atoms with Gasteiger partial charge in [-0.05, 0) is 24.6 Å². The molecule has 1 rings (SSSR count). The molecule has 0 aromatic heterocycles. The first-order chi connectivity index (χ1) is 7.17. The number of nitriles is 2. The van der Waals surface area contributed by atoms with Crippen LogP contribution in [0.3, 0.4) is 0 Å². The van der Waals surface area contributed by atoms with Crippen molar-refractivity contribution in [1.29, 1.82) is 10.5 Å². The number of hydrogen-bond acceptors (Lipinski definition) is 4. The highest BCUT2D eigenvalue weighted by molar-refractivity contribution is 6.10. The molecule has 1 aromatic rings. The van der Waals surface area contributed by atoms with Crippen molar-refractivity contribution in [3.63, 3.8) is 0 Å². The highest BCUT2D eigenvalue weighted by Crippen LogP contribution is 2.14. The summed E-state index contributed by atoms with van der Waals surface area (Å²) in [4.78, 5) is 0. The highest BCUT2D eigenvalue weighted by atomic mass is 19.1. The molecule has 0 aliphatic rings. The Balaban J connectivity index is 2.89. The van der Waals surface area contributed by atoms with E-state index >= 15 is 0 Å². The second-order valence-corrected chi connectivity index (χ2v) is 2.78. The van der Waals surface area contributed by atoms with Gasteiger partial charge in [-0.1, -0.05) is 6.07 Å². The van der Waals surface area contributed by atoms with Crippen LogP contribution in [0.5, 0.6) is 0 Å². The third-order valence-electron chi connectivity index (χ3n) is 1.62. The second-order valence-electron chi connectivity index (χ2n) is 2.78. The quantitative estimate of drug-likeness (QED) is 0.588. The Morgan fingerprint density at radius 3 is 2.60 bits per heavy atom. The Bertz CT molecular complexity index is 463. The number of halogens is 1. The fourth-order valence-electron chi connectivity index (χ4n) is 0.902. The second kappa shape index (κ2) is 4.73. The minimum absolute atomic E-state index is 0.128. The first-order valence-corrected chi connectivity index (χ1v) is 4.07. The SMILES string of the molecule is Cc1ccc(NN=C(C#N)C#N)c(F)c1. The Hall–Kier alpha value is -2.40. The maximum Gasteiger partial charge on any atom is 0.237 e. The number of rotatable bonds is 2. The minimum Gasteiger partial charge on any atom is -0.274 e. The van der Waals surface area contributed by atoms with E-state index in [0.717, 1.165) is 5.56 Å². The lowest BCUT2D eigenvalue weighted by molar-refractivity contribution is 0.629. The molecule has 0 radical (unpaired) electrons. The summed E-state index contributed by atoms with van der Waals surface area (Å²) in [5, 5.41) is 20.2. The van der Waals surface area contributed by atoms with Gasteiger partial charge in [-0.25, -0.2) is 4.39 Å². The first-order valence-electron chi connectivity index (χ1n) is 4.07. The van der Waals surface area contributed by atoms with Gasteiger partial charge in [-0.3, -0.25) is 5.43 Å². The lowest BCUT2D eigenvalue weighted by atomic mass is 10.2. The van der Waals surface area contributed by atoms with Gasteiger partial charge in [0.05, 0.1) is 5.69 Å². The van der Waals surface area contributed by atoms with Crippen LogP contribution in [0.15, 0.2) is 23.3 Å². The summed E-state index contributed by atoms with van der Waals surface area (Å²) in [5.74, 6) is -0.478. The molecule has 0 heterocycles. The number of nitrogens with one attached hydrogen (secondary N) is 1. The van der Waals surface area contributed by atoms with Crippen LogP contribution in [0.2, 0.25) is 0 Å². The van der Waals surface area contributed by atoms with Crippen molar-refractivity contribution in [1.82, 2.24) is 0 Å². The zero-order chi connectivity index (χ0) is 11.3. The van der Waals surface area contributed by atoms with E-state index in [-0.39, 0.29) is 11.4 Å². The average Bonchev–Trinajstić information content (AvgIpc) is 2.22. The van der Waals surface area contributed by atoms with Crippen molar-refractivity contribution in [2.24, 2.45) is 5.10 Å². The number of anilines is 1. The van der Waals surface area contributed by atoms with E-state index in [1.807, 2.05) is 0 Å². The fraction of sp³-hybridized carbons (Fsp3) is 0.100. The van der Waals surface area contributed by atoms with E-state index in [2.05, 4.69) is 10.5 Å². The van der Waals surface area contributed by atoms with Crippen LogP contribution in [-0.4, -0.2) is 5.71 Å². The topological polar surface area (TPSA) is 72.0 Å². The van der Waals surface area contributed by atoms with Gasteiger partial charge in [-0.15, -0.1) is 0 Å². The van der Waals surface area contributed by atoms with E-state index in [1.54, 1.807) is 25.1 Å². The van der Waals surface area contributed by atoms with Crippen LogP contribution in [0.4, 0.5) is 10.1 Å². The Morgan fingerprint density at radius 2 is 2.07 bits per heavy atom. The van der Waals surface area contributed by atoms with E-state index in [1.165, 1.54) is 12.1 Å². The maximum absolute atomic E-state index is 13.2. The van der Waals surface area contributed by atoms with Gasteiger partial charge in [0.2, 0.25) is 5.71 Å². The molecule has 0 bridgehead atoms. The third-order valence-corrected chi connectivity index (χ3v) is 1.62. The summed E-state index contributed by atoms with van der Waals surface area (Å²) >= 11 is 0. The lowest BCUT2D eigenvalue weighted by Gasteiger charge is -2.01. The minimum atomic E-state index is -0.478. The van der Waals surface area contributed by atoms with Crippen LogP contribution in [0.1, 0.15) is 5.56 Å². The van der Waals surface area contributed by atoms with Gasteiger partial charge < -0.3 is 0 Å². The van der Waals surface area contributed by atoms with Crippen LogP contribution >= 0.6 is 0 Å². The average molecular weight is 202 g/mol. The van der Waals surface area contributed by atoms with Crippen molar-refractivity contribution in [2.45, 2.75) is 6.92 Å². The summed E-state index contributed by atoms with van der Waals surface area (Å²) in [6.45, 7) is 1.76. The standard InChI is InChI=1S/C10H7FN4/c1-7-2-3-10(9(11)4-7)15-14-8(5-12)6-13/h2-4,15H,1H3. The van der Waals surface area contributed by atoms with Crippen molar-refractivity contribution in [3.05, 3.63) is 29.6 Å². The molecule has 0 saturated heterocycles. The molecule has 0 aliphatic carbocycles. The number of benzene rings is 1. The van der Waals surface area contributed by atoms with Crippen molar-refractivity contribution in [3.8, 4) is 12.1 Å². The molecule has 1 aromatic carbocycles. The molecule has 0 atom stereocenters. The summed E-state index contributed by atoms with van der Waals surface area (Å²) in [5.41, 5.74) is 2.87. The van der Waals surface area contributed by atoms with E-state index < -0.39 is 5.82 Å². The molecule has 15 heavy (non-hydrogen) atoms. The van der Waals surface area contributed by atoms with Gasteiger partial charge in [0, 0.05) is 0 Å². The molecule has 4 nitrogen and oxygen atoms in total. The third kappa shape index (κ3) is 2.78. The van der Waals surface area contributed by atoms with Crippen molar-refractivity contribution in [2.75, 3.05) is 5.43 Å². The monoisotopic (exact) mass is 202 g/mol. The van der Waals surface area contributed by atoms with Crippen LogP contribution in [0, 0.1) is 35.4 Å². The van der Waals surface area contributed by atoms with E-state index in [4.69, 9.17) is 10.5 Å². The number of hydrogen-bond donors (Lipinski definition) is 1. The first kappa shape index (κ1) is 10.7. The predicted molar refractivity (Wildman–Crippen MR) is 53.4 cm³/mol. The molecule has 74 valence electrons. The van der Waals surface area contributed by atoms with Crippen LogP contribution in [-0.2, 0) is 0 Å². The number of nitrogens with zero attached hydrogens (tertiary/aromatic N) is 3. The molecule has 0 spiro atoms. The van der Waals surface area contributed by atoms with Crippen LogP contribution in [0.25, 0.3) is 0 Å². The van der Waals surface area contributed by atoms with E-state index in [0.29, 0.717) is 0 Å². The maximum atomic E-state index is 13.2. The molecule has 0 amide bonds. The lowest BCUT2D eigenvalue weighted by Crippen LogP contribution is -1.98. The number of aryl methyl sites for hydroxylation is 1. The van der Waals surface area contributed by atoms with Crippen LogP contribution < -0.4 is 5.43 Å². The molecule has 5 heteroatoms. The van der Waals surface area contributed by atoms with Gasteiger partial charge >= 0.3 is 0 Å². The molecule has 0 aliphatic heterocycles. The summed E-state index contributed by atoms with van der Waals surface area (Å²) in [7, 11) is 0. The summed E-state index contributed by atoms with van der Waals surface area (Å²) < 4.78 is 13.2. The largest absolute Gasteiger partial charge is 0.274 e. The van der Waals surface area contributed by atoms with Gasteiger partial charge in [-0.2, -0.15) is 15.6 Å².